The molecule has 0 aromatic heterocycles. The molecule has 1 fully saturated rings. The topological polar surface area (TPSA) is 29.1 Å². The minimum Gasteiger partial charge on any atom is -0.346 e. The normalized spacial score (nSPS) is 18.1. The van der Waals surface area contributed by atoms with Crippen LogP contribution in [0.15, 0.2) is 22.7 Å². The first-order valence-corrected chi connectivity index (χ1v) is 8.62. The van der Waals surface area contributed by atoms with Gasteiger partial charge < -0.3 is 5.32 Å². The molecule has 0 atom stereocenters. The van der Waals surface area contributed by atoms with Crippen molar-refractivity contribution in [2.75, 3.05) is 5.33 Å². The summed E-state index contributed by atoms with van der Waals surface area (Å²) in [6, 6.07) is 5.87. The Morgan fingerprint density at radius 3 is 2.63 bits per heavy atom. The van der Waals surface area contributed by atoms with Crippen molar-refractivity contribution < 1.29 is 4.79 Å². The van der Waals surface area contributed by atoms with Crippen molar-refractivity contribution in [1.29, 1.82) is 0 Å². The van der Waals surface area contributed by atoms with Gasteiger partial charge in [-0.3, -0.25) is 4.79 Å². The van der Waals surface area contributed by atoms with Gasteiger partial charge in [-0.05, 0) is 47.8 Å². The summed E-state index contributed by atoms with van der Waals surface area (Å²) in [5.74, 6) is 0.0249. The van der Waals surface area contributed by atoms with Crippen molar-refractivity contribution in [2.45, 2.75) is 44.6 Å². The third-order valence-corrected chi connectivity index (χ3v) is 5.58. The molecule has 0 aliphatic heterocycles. The number of benzene rings is 1. The maximum absolute atomic E-state index is 12.5. The van der Waals surface area contributed by atoms with E-state index in [-0.39, 0.29) is 11.4 Å². The predicted molar refractivity (Wildman–Crippen MR) is 86.0 cm³/mol. The van der Waals surface area contributed by atoms with E-state index in [2.05, 4.69) is 37.2 Å². The third kappa shape index (κ3) is 3.60. The first kappa shape index (κ1) is 15.0. The van der Waals surface area contributed by atoms with E-state index in [9.17, 15) is 4.79 Å². The molecule has 1 aromatic rings. The maximum Gasteiger partial charge on any atom is 0.252 e. The summed E-state index contributed by atoms with van der Waals surface area (Å²) < 4.78 is 0.858. The SMILES string of the molecule is Cc1ccc(Br)c(C(=O)NC2(CBr)CCCCC2)c1. The van der Waals surface area contributed by atoms with Crippen LogP contribution in [-0.2, 0) is 0 Å². The fourth-order valence-electron chi connectivity index (χ4n) is 2.64. The lowest BCUT2D eigenvalue weighted by molar-refractivity contribution is 0.0885. The van der Waals surface area contributed by atoms with Crippen molar-refractivity contribution in [3.63, 3.8) is 0 Å². The lowest BCUT2D eigenvalue weighted by Gasteiger charge is -2.36. The van der Waals surface area contributed by atoms with Gasteiger partial charge in [0.25, 0.3) is 5.91 Å². The highest BCUT2D eigenvalue weighted by Gasteiger charge is 2.33. The number of carbonyl (C=O) groups is 1. The Morgan fingerprint density at radius 2 is 2.00 bits per heavy atom. The highest BCUT2D eigenvalue weighted by molar-refractivity contribution is 9.10. The Morgan fingerprint density at radius 1 is 1.32 bits per heavy atom. The van der Waals surface area contributed by atoms with E-state index in [1.807, 2.05) is 25.1 Å². The summed E-state index contributed by atoms with van der Waals surface area (Å²) in [5, 5.41) is 4.08. The molecule has 1 aromatic carbocycles. The lowest BCUT2D eigenvalue weighted by atomic mass is 9.83. The van der Waals surface area contributed by atoms with Crippen LogP contribution in [0, 0.1) is 6.92 Å². The first-order valence-electron chi connectivity index (χ1n) is 6.71. The molecule has 1 aliphatic carbocycles. The number of halogens is 2. The Balaban J connectivity index is 2.17. The molecule has 0 unspecified atom stereocenters. The molecule has 4 heteroatoms. The average molecular weight is 389 g/mol. The van der Waals surface area contributed by atoms with Crippen LogP contribution in [0.3, 0.4) is 0 Å². The van der Waals surface area contributed by atoms with Crippen LogP contribution in [-0.4, -0.2) is 16.8 Å². The summed E-state index contributed by atoms with van der Waals surface area (Å²) in [5.41, 5.74) is 1.76. The van der Waals surface area contributed by atoms with E-state index in [1.165, 1.54) is 19.3 Å². The molecule has 1 amide bonds. The summed E-state index contributed by atoms with van der Waals surface area (Å²) in [7, 11) is 0. The Bertz CT molecular complexity index is 467. The Hall–Kier alpha value is -0.350. The first-order chi connectivity index (χ1) is 9.06. The average Bonchev–Trinajstić information content (AvgIpc) is 2.42. The zero-order valence-corrected chi connectivity index (χ0v) is 14.3. The van der Waals surface area contributed by atoms with Crippen LogP contribution >= 0.6 is 31.9 Å². The van der Waals surface area contributed by atoms with E-state index < -0.39 is 0 Å². The Kier molecular flexibility index (Phi) is 5.07. The van der Waals surface area contributed by atoms with Crippen molar-refractivity contribution in [1.82, 2.24) is 5.32 Å². The van der Waals surface area contributed by atoms with Crippen molar-refractivity contribution >= 4 is 37.8 Å². The molecule has 104 valence electrons. The maximum atomic E-state index is 12.5. The monoisotopic (exact) mass is 387 g/mol. The number of aryl methyl sites for hydroxylation is 1. The van der Waals surface area contributed by atoms with E-state index in [0.29, 0.717) is 0 Å². The van der Waals surface area contributed by atoms with Gasteiger partial charge in [0.2, 0.25) is 0 Å². The second kappa shape index (κ2) is 6.40. The van der Waals surface area contributed by atoms with Crippen LogP contribution in [0.1, 0.15) is 48.0 Å². The number of hydrogen-bond acceptors (Lipinski definition) is 1. The standard InChI is InChI=1S/C15H19Br2NO/c1-11-5-6-13(17)12(9-11)14(19)18-15(10-16)7-3-2-4-8-15/h5-6,9H,2-4,7-8,10H2,1H3,(H,18,19). The highest BCUT2D eigenvalue weighted by atomic mass is 79.9. The number of amides is 1. The van der Waals surface area contributed by atoms with Crippen LogP contribution in [0.25, 0.3) is 0 Å². The molecule has 0 spiro atoms. The van der Waals surface area contributed by atoms with Gasteiger partial charge in [0.1, 0.15) is 0 Å². The second-order valence-corrected chi connectivity index (χ2v) is 6.83. The minimum absolute atomic E-state index is 0.0249. The fraction of sp³-hybridized carbons (Fsp3) is 0.533. The van der Waals surface area contributed by atoms with Gasteiger partial charge in [0.15, 0.2) is 0 Å². The number of hydrogen-bond donors (Lipinski definition) is 1. The molecule has 1 saturated carbocycles. The summed E-state index contributed by atoms with van der Waals surface area (Å²) in [6.07, 6.45) is 5.79. The van der Waals surface area contributed by atoms with Gasteiger partial charge >= 0.3 is 0 Å². The fourth-order valence-corrected chi connectivity index (χ4v) is 3.77. The predicted octanol–water partition coefficient (Wildman–Crippen LogP) is 4.59. The summed E-state index contributed by atoms with van der Waals surface area (Å²) in [6.45, 7) is 2.00. The third-order valence-electron chi connectivity index (χ3n) is 3.81. The quantitative estimate of drug-likeness (QED) is 0.754. The molecular formula is C15H19Br2NO. The van der Waals surface area contributed by atoms with Crippen molar-refractivity contribution in [3.05, 3.63) is 33.8 Å². The molecular weight excluding hydrogens is 370 g/mol. The van der Waals surface area contributed by atoms with Crippen molar-refractivity contribution in [2.24, 2.45) is 0 Å². The van der Waals surface area contributed by atoms with E-state index >= 15 is 0 Å². The van der Waals surface area contributed by atoms with Gasteiger partial charge in [-0.15, -0.1) is 0 Å². The van der Waals surface area contributed by atoms with Gasteiger partial charge in [0.05, 0.1) is 11.1 Å². The van der Waals surface area contributed by atoms with E-state index in [0.717, 1.165) is 33.8 Å². The molecule has 0 saturated heterocycles. The van der Waals surface area contributed by atoms with E-state index in [4.69, 9.17) is 0 Å². The molecule has 2 nitrogen and oxygen atoms in total. The molecule has 0 radical (unpaired) electrons. The second-order valence-electron chi connectivity index (χ2n) is 5.41. The zero-order chi connectivity index (χ0) is 13.9. The molecule has 19 heavy (non-hydrogen) atoms. The minimum atomic E-state index is -0.0709. The molecule has 1 N–H and O–H groups in total. The van der Waals surface area contributed by atoms with Gasteiger partial charge in [0, 0.05) is 9.80 Å². The van der Waals surface area contributed by atoms with Crippen LogP contribution in [0.4, 0.5) is 0 Å². The number of rotatable bonds is 3. The molecule has 1 aliphatic rings. The zero-order valence-electron chi connectivity index (χ0n) is 11.1. The number of alkyl halides is 1. The number of carbonyl (C=O) groups excluding carboxylic acids is 1. The van der Waals surface area contributed by atoms with Gasteiger partial charge in [-0.2, -0.15) is 0 Å². The largest absolute Gasteiger partial charge is 0.346 e. The van der Waals surface area contributed by atoms with Crippen LogP contribution < -0.4 is 5.32 Å². The lowest BCUT2D eigenvalue weighted by Crippen LogP contribution is -2.51. The van der Waals surface area contributed by atoms with Crippen molar-refractivity contribution in [3.8, 4) is 0 Å². The van der Waals surface area contributed by atoms with E-state index in [1.54, 1.807) is 0 Å². The summed E-state index contributed by atoms with van der Waals surface area (Å²) >= 11 is 7.04. The summed E-state index contributed by atoms with van der Waals surface area (Å²) in [4.78, 5) is 12.5. The molecule has 2 rings (SSSR count). The Labute approximate surface area is 131 Å². The smallest absolute Gasteiger partial charge is 0.252 e. The van der Waals surface area contributed by atoms with Crippen LogP contribution in [0.2, 0.25) is 0 Å². The van der Waals surface area contributed by atoms with Gasteiger partial charge in [-0.25, -0.2) is 0 Å². The highest BCUT2D eigenvalue weighted by Crippen LogP contribution is 2.30. The van der Waals surface area contributed by atoms with Gasteiger partial charge in [-0.1, -0.05) is 46.8 Å². The molecule has 0 bridgehead atoms. The molecule has 0 heterocycles. The van der Waals surface area contributed by atoms with Crippen LogP contribution in [0.5, 0.6) is 0 Å². The number of nitrogens with one attached hydrogen (secondary N) is 1.